The van der Waals surface area contributed by atoms with E-state index in [0.29, 0.717) is 5.13 Å². The van der Waals surface area contributed by atoms with Crippen molar-refractivity contribution in [3.05, 3.63) is 33.1 Å². The number of nitrogens with two attached hydrogens (primary N) is 1. The minimum Gasteiger partial charge on any atom is -0.375 e. The lowest BCUT2D eigenvalue weighted by atomic mass is 10.1. The zero-order valence-corrected chi connectivity index (χ0v) is 13.4. The number of nitrogens with zero attached hydrogens (tertiary/aromatic N) is 1. The number of anilines is 1. The molecule has 0 fully saturated rings. The molecule has 98 valence electrons. The Labute approximate surface area is 126 Å². The predicted octanol–water partition coefficient (Wildman–Crippen LogP) is 4.61. The molecule has 19 heavy (non-hydrogen) atoms. The predicted molar refractivity (Wildman–Crippen MR) is 86.2 cm³/mol. The number of rotatable bonds is 2. The zero-order chi connectivity index (χ0) is 13.8. The molecule has 0 aliphatic heterocycles. The molecule has 2 nitrogen and oxygen atoms in total. The Hall–Kier alpha value is -1.31. The van der Waals surface area contributed by atoms with Crippen molar-refractivity contribution in [2.45, 2.75) is 26.7 Å². The summed E-state index contributed by atoms with van der Waals surface area (Å²) in [6.45, 7) is 4.18. The van der Waals surface area contributed by atoms with Crippen LogP contribution in [0.2, 0.25) is 0 Å². The lowest BCUT2D eigenvalue weighted by Crippen LogP contribution is -1.87. The van der Waals surface area contributed by atoms with Crippen LogP contribution in [0.3, 0.4) is 0 Å². The standard InChI is InChI=1S/C15H15BrN2S/c1-3-4-5-6-13-14(18-15(17)19-13)11-9-10(2)7-8-12(11)16/h7-9H,3-4H2,1-2H3,(H2,17,18). The van der Waals surface area contributed by atoms with Gasteiger partial charge in [0.15, 0.2) is 5.13 Å². The minimum atomic E-state index is 0.559. The molecule has 1 heterocycles. The Morgan fingerprint density at radius 3 is 2.95 bits per heavy atom. The molecule has 0 aliphatic rings. The normalized spacial score (nSPS) is 10.1. The van der Waals surface area contributed by atoms with Crippen LogP contribution >= 0.6 is 27.3 Å². The summed E-state index contributed by atoms with van der Waals surface area (Å²) < 4.78 is 1.02. The van der Waals surface area contributed by atoms with Gasteiger partial charge >= 0.3 is 0 Å². The van der Waals surface area contributed by atoms with Gasteiger partial charge in [-0.05, 0) is 25.5 Å². The summed E-state index contributed by atoms with van der Waals surface area (Å²) in [7, 11) is 0. The van der Waals surface area contributed by atoms with E-state index in [9.17, 15) is 0 Å². The first-order valence-electron chi connectivity index (χ1n) is 6.13. The average Bonchev–Trinajstić information content (AvgIpc) is 2.74. The molecule has 0 spiro atoms. The maximum absolute atomic E-state index is 5.83. The van der Waals surface area contributed by atoms with E-state index < -0.39 is 0 Å². The molecular formula is C15H15BrN2S. The van der Waals surface area contributed by atoms with Crippen molar-refractivity contribution in [1.29, 1.82) is 0 Å². The molecule has 4 heteroatoms. The zero-order valence-electron chi connectivity index (χ0n) is 11.0. The number of thiazole rings is 1. The molecule has 2 N–H and O–H groups in total. The molecule has 1 aromatic carbocycles. The highest BCUT2D eigenvalue weighted by molar-refractivity contribution is 9.10. The highest BCUT2D eigenvalue weighted by Crippen LogP contribution is 2.34. The van der Waals surface area contributed by atoms with Crippen LogP contribution in [-0.2, 0) is 0 Å². The third-order valence-electron chi connectivity index (χ3n) is 2.60. The molecule has 0 radical (unpaired) electrons. The number of aromatic nitrogens is 1. The number of nitrogen functional groups attached to an aromatic ring is 1. The van der Waals surface area contributed by atoms with Gasteiger partial charge in [0, 0.05) is 16.5 Å². The second-order valence-electron chi connectivity index (χ2n) is 4.26. The first-order chi connectivity index (χ1) is 9.11. The van der Waals surface area contributed by atoms with Gasteiger partial charge in [-0.1, -0.05) is 57.7 Å². The SMILES string of the molecule is CCCC#Cc1sc(N)nc1-c1cc(C)ccc1Br. The van der Waals surface area contributed by atoms with Gasteiger partial charge in [-0.2, -0.15) is 0 Å². The van der Waals surface area contributed by atoms with E-state index in [0.717, 1.165) is 33.4 Å². The van der Waals surface area contributed by atoms with Crippen molar-refractivity contribution < 1.29 is 0 Å². The monoisotopic (exact) mass is 334 g/mol. The van der Waals surface area contributed by atoms with E-state index in [1.807, 2.05) is 6.07 Å². The summed E-state index contributed by atoms with van der Waals surface area (Å²) in [5, 5.41) is 0.559. The first kappa shape index (κ1) is 14.1. The highest BCUT2D eigenvalue weighted by Gasteiger charge is 2.13. The fourth-order valence-corrected chi connectivity index (χ4v) is 2.85. The Bertz CT molecular complexity index is 650. The minimum absolute atomic E-state index is 0.559. The first-order valence-corrected chi connectivity index (χ1v) is 7.74. The fraction of sp³-hybridized carbons (Fsp3) is 0.267. The fourth-order valence-electron chi connectivity index (χ4n) is 1.69. The van der Waals surface area contributed by atoms with Gasteiger partial charge in [0.1, 0.15) is 10.6 Å². The number of hydrogen-bond donors (Lipinski definition) is 1. The molecule has 0 amide bonds. The van der Waals surface area contributed by atoms with E-state index in [-0.39, 0.29) is 0 Å². The topological polar surface area (TPSA) is 38.9 Å². The smallest absolute Gasteiger partial charge is 0.181 e. The van der Waals surface area contributed by atoms with Gasteiger partial charge < -0.3 is 5.73 Å². The number of benzene rings is 1. The van der Waals surface area contributed by atoms with Crippen molar-refractivity contribution in [3.8, 4) is 23.1 Å². The van der Waals surface area contributed by atoms with Crippen LogP contribution in [0.25, 0.3) is 11.3 Å². The van der Waals surface area contributed by atoms with Gasteiger partial charge in [-0.3, -0.25) is 0 Å². The van der Waals surface area contributed by atoms with E-state index in [1.54, 1.807) is 0 Å². The second-order valence-corrected chi connectivity index (χ2v) is 6.15. The van der Waals surface area contributed by atoms with Crippen molar-refractivity contribution >= 4 is 32.4 Å². The van der Waals surface area contributed by atoms with Gasteiger partial charge in [0.05, 0.1) is 0 Å². The molecule has 0 saturated heterocycles. The summed E-state index contributed by atoms with van der Waals surface area (Å²) in [5.41, 5.74) is 8.95. The quantitative estimate of drug-likeness (QED) is 0.814. The lowest BCUT2D eigenvalue weighted by Gasteiger charge is -2.03. The molecule has 2 rings (SSSR count). The van der Waals surface area contributed by atoms with Gasteiger partial charge in [0.25, 0.3) is 0 Å². The molecule has 0 saturated carbocycles. The number of halogens is 1. The Balaban J connectivity index is 2.50. The van der Waals surface area contributed by atoms with Crippen molar-refractivity contribution in [2.75, 3.05) is 5.73 Å². The molecular weight excluding hydrogens is 320 g/mol. The third kappa shape index (κ3) is 3.37. The maximum Gasteiger partial charge on any atom is 0.181 e. The largest absolute Gasteiger partial charge is 0.375 e. The molecule has 0 bridgehead atoms. The summed E-state index contributed by atoms with van der Waals surface area (Å²) >= 11 is 5.01. The van der Waals surface area contributed by atoms with Crippen LogP contribution in [0, 0.1) is 18.8 Å². The number of unbranched alkanes of at least 4 members (excludes halogenated alkanes) is 1. The molecule has 0 atom stereocenters. The van der Waals surface area contributed by atoms with Crippen molar-refractivity contribution in [1.82, 2.24) is 4.98 Å². The Morgan fingerprint density at radius 1 is 1.42 bits per heavy atom. The lowest BCUT2D eigenvalue weighted by molar-refractivity contribution is 0.983. The average molecular weight is 335 g/mol. The van der Waals surface area contributed by atoms with Gasteiger partial charge in [-0.15, -0.1) is 0 Å². The van der Waals surface area contributed by atoms with Crippen molar-refractivity contribution in [2.24, 2.45) is 0 Å². The van der Waals surface area contributed by atoms with E-state index in [1.165, 1.54) is 16.9 Å². The summed E-state index contributed by atoms with van der Waals surface area (Å²) in [4.78, 5) is 5.37. The number of hydrogen-bond acceptors (Lipinski definition) is 3. The van der Waals surface area contributed by atoms with Gasteiger partial charge in [-0.25, -0.2) is 4.98 Å². The Morgan fingerprint density at radius 2 is 2.21 bits per heavy atom. The second kappa shape index (κ2) is 6.23. The van der Waals surface area contributed by atoms with Crippen molar-refractivity contribution in [3.63, 3.8) is 0 Å². The molecule has 1 aromatic heterocycles. The molecule has 2 aromatic rings. The van der Waals surface area contributed by atoms with Crippen LogP contribution in [0.15, 0.2) is 22.7 Å². The van der Waals surface area contributed by atoms with Crippen LogP contribution in [0.4, 0.5) is 5.13 Å². The summed E-state index contributed by atoms with van der Waals surface area (Å²) in [5.74, 6) is 6.34. The third-order valence-corrected chi connectivity index (χ3v) is 4.09. The van der Waals surface area contributed by atoms with Crippen LogP contribution in [-0.4, -0.2) is 4.98 Å². The summed E-state index contributed by atoms with van der Waals surface area (Å²) in [6.07, 6.45) is 1.96. The highest BCUT2D eigenvalue weighted by atomic mass is 79.9. The maximum atomic E-state index is 5.83. The summed E-state index contributed by atoms with van der Waals surface area (Å²) in [6, 6.07) is 6.19. The van der Waals surface area contributed by atoms with Crippen LogP contribution in [0.1, 0.15) is 30.2 Å². The molecule has 0 unspecified atom stereocenters. The number of aryl methyl sites for hydroxylation is 1. The van der Waals surface area contributed by atoms with E-state index in [4.69, 9.17) is 5.73 Å². The van der Waals surface area contributed by atoms with Gasteiger partial charge in [0.2, 0.25) is 0 Å². The van der Waals surface area contributed by atoms with E-state index in [2.05, 4.69) is 58.7 Å². The van der Waals surface area contributed by atoms with Crippen LogP contribution in [0.5, 0.6) is 0 Å². The van der Waals surface area contributed by atoms with Crippen LogP contribution < -0.4 is 5.73 Å². The Kier molecular flexibility index (Phi) is 4.62. The molecule has 0 aliphatic carbocycles. The van der Waals surface area contributed by atoms with E-state index >= 15 is 0 Å².